The van der Waals surface area contributed by atoms with Crippen molar-refractivity contribution >= 4 is 5.97 Å². The van der Waals surface area contributed by atoms with Crippen LogP contribution < -0.4 is 5.73 Å². The van der Waals surface area contributed by atoms with Crippen molar-refractivity contribution in [3.63, 3.8) is 0 Å². The number of hydrogen-bond acceptors (Lipinski definition) is 4. The smallest absolute Gasteiger partial charge is 0.326 e. The van der Waals surface area contributed by atoms with Gasteiger partial charge in [0.05, 0.1) is 12.3 Å². The van der Waals surface area contributed by atoms with Crippen molar-refractivity contribution in [2.75, 3.05) is 0 Å². The van der Waals surface area contributed by atoms with Crippen molar-refractivity contribution in [1.29, 1.82) is 0 Å². The van der Waals surface area contributed by atoms with Crippen LogP contribution in [0, 0.1) is 0 Å². The predicted octanol–water partition coefficient (Wildman–Crippen LogP) is -0.342. The Morgan fingerprint density at radius 1 is 1.62 bits per heavy atom. The molecular weight excluding hydrogens is 172 g/mol. The highest BCUT2D eigenvalue weighted by Crippen LogP contribution is 2.07. The van der Waals surface area contributed by atoms with Gasteiger partial charge in [-0.1, -0.05) is 6.07 Å². The Kier molecular flexibility index (Phi) is 2.94. The van der Waals surface area contributed by atoms with Gasteiger partial charge < -0.3 is 15.9 Å². The van der Waals surface area contributed by atoms with E-state index >= 15 is 0 Å². The summed E-state index contributed by atoms with van der Waals surface area (Å²) in [5.74, 6) is -1.12. The Labute approximate surface area is 74.8 Å². The normalized spacial score (nSPS) is 12.5. The van der Waals surface area contributed by atoms with Crippen LogP contribution in [0.2, 0.25) is 0 Å². The Morgan fingerprint density at radius 3 is 2.69 bits per heavy atom. The van der Waals surface area contributed by atoms with Gasteiger partial charge in [-0.3, -0.25) is 9.78 Å². The van der Waals surface area contributed by atoms with Crippen LogP contribution in [0.15, 0.2) is 18.3 Å². The Hall–Kier alpha value is -1.46. The average molecular weight is 182 g/mol. The van der Waals surface area contributed by atoms with Gasteiger partial charge in [0, 0.05) is 6.20 Å². The first kappa shape index (κ1) is 9.63. The van der Waals surface area contributed by atoms with Crippen molar-refractivity contribution in [3.05, 3.63) is 29.6 Å². The van der Waals surface area contributed by atoms with Gasteiger partial charge >= 0.3 is 5.97 Å². The third-order valence-electron chi connectivity index (χ3n) is 1.61. The second-order valence-corrected chi connectivity index (χ2v) is 2.57. The number of aromatic nitrogens is 1. The Balaban J connectivity index is 2.85. The number of aliphatic hydroxyl groups excluding tert-OH is 1. The number of rotatable bonds is 3. The van der Waals surface area contributed by atoms with Crippen LogP contribution in [0.4, 0.5) is 0 Å². The van der Waals surface area contributed by atoms with E-state index in [1.165, 1.54) is 12.3 Å². The molecule has 0 unspecified atom stereocenters. The van der Waals surface area contributed by atoms with Gasteiger partial charge in [-0.05, 0) is 11.6 Å². The molecule has 0 spiro atoms. The van der Waals surface area contributed by atoms with E-state index in [9.17, 15) is 4.79 Å². The molecule has 70 valence electrons. The summed E-state index contributed by atoms with van der Waals surface area (Å²) in [6, 6.07) is 1.97. The van der Waals surface area contributed by atoms with Crippen molar-refractivity contribution in [2.24, 2.45) is 5.73 Å². The number of nitrogens with zero attached hydrogens (tertiary/aromatic N) is 1. The number of nitrogens with two attached hydrogens (primary N) is 1. The third-order valence-corrected chi connectivity index (χ3v) is 1.61. The predicted molar refractivity (Wildman–Crippen MR) is 44.7 cm³/mol. The zero-order valence-electron chi connectivity index (χ0n) is 6.84. The summed E-state index contributed by atoms with van der Waals surface area (Å²) in [7, 11) is 0. The van der Waals surface area contributed by atoms with Crippen LogP contribution >= 0.6 is 0 Å². The summed E-state index contributed by atoms with van der Waals surface area (Å²) < 4.78 is 0. The average Bonchev–Trinajstić information content (AvgIpc) is 2.17. The molecule has 0 radical (unpaired) electrons. The van der Waals surface area contributed by atoms with E-state index in [0.717, 1.165) is 0 Å². The van der Waals surface area contributed by atoms with E-state index in [1.807, 2.05) is 0 Å². The van der Waals surface area contributed by atoms with E-state index in [2.05, 4.69) is 4.98 Å². The molecule has 0 aliphatic heterocycles. The molecule has 0 aromatic carbocycles. The summed E-state index contributed by atoms with van der Waals surface area (Å²) in [4.78, 5) is 14.2. The number of pyridine rings is 1. The van der Waals surface area contributed by atoms with E-state index in [-0.39, 0.29) is 12.3 Å². The van der Waals surface area contributed by atoms with E-state index in [1.54, 1.807) is 6.07 Å². The quantitative estimate of drug-likeness (QED) is 0.594. The molecule has 0 amide bonds. The minimum absolute atomic E-state index is 0.115. The molecule has 1 aromatic rings. The number of aliphatic carboxylic acids is 1. The van der Waals surface area contributed by atoms with Crippen molar-refractivity contribution < 1.29 is 15.0 Å². The zero-order valence-corrected chi connectivity index (χ0v) is 6.84. The molecule has 0 bridgehead atoms. The highest BCUT2D eigenvalue weighted by atomic mass is 16.4. The minimum atomic E-state index is -1.12. The van der Waals surface area contributed by atoms with Gasteiger partial charge in [0.25, 0.3) is 0 Å². The largest absolute Gasteiger partial charge is 0.480 e. The number of hydrogen-bond donors (Lipinski definition) is 3. The maximum atomic E-state index is 10.4. The van der Waals surface area contributed by atoms with E-state index in [4.69, 9.17) is 15.9 Å². The lowest BCUT2D eigenvalue weighted by Gasteiger charge is -2.05. The number of carboxylic acids is 1. The topological polar surface area (TPSA) is 96.4 Å². The lowest BCUT2D eigenvalue weighted by Crippen LogP contribution is -2.21. The highest BCUT2D eigenvalue weighted by molar-refractivity contribution is 5.74. The van der Waals surface area contributed by atoms with Gasteiger partial charge in [-0.2, -0.15) is 0 Å². The highest BCUT2D eigenvalue weighted by Gasteiger charge is 2.14. The number of carboxylic acid groups (broad SMARTS) is 1. The lowest BCUT2D eigenvalue weighted by atomic mass is 10.2. The fourth-order valence-electron chi connectivity index (χ4n) is 0.840. The molecule has 0 fully saturated rings. The van der Waals surface area contributed by atoms with Gasteiger partial charge in [-0.25, -0.2) is 0 Å². The molecule has 0 saturated carbocycles. The van der Waals surface area contributed by atoms with Crippen LogP contribution in [0.25, 0.3) is 0 Å². The molecule has 1 aromatic heterocycles. The molecule has 1 atom stereocenters. The van der Waals surface area contributed by atoms with Crippen molar-refractivity contribution in [1.82, 2.24) is 4.98 Å². The molecule has 5 nitrogen and oxygen atoms in total. The molecule has 0 saturated heterocycles. The van der Waals surface area contributed by atoms with Gasteiger partial charge in [0.2, 0.25) is 0 Å². The fourth-order valence-corrected chi connectivity index (χ4v) is 0.840. The van der Waals surface area contributed by atoms with E-state index in [0.29, 0.717) is 5.56 Å². The van der Waals surface area contributed by atoms with Crippen molar-refractivity contribution in [2.45, 2.75) is 12.6 Å². The van der Waals surface area contributed by atoms with Gasteiger partial charge in [0.1, 0.15) is 6.04 Å². The summed E-state index contributed by atoms with van der Waals surface area (Å²) in [6.45, 7) is -0.115. The molecule has 13 heavy (non-hydrogen) atoms. The second-order valence-electron chi connectivity index (χ2n) is 2.57. The van der Waals surface area contributed by atoms with Crippen LogP contribution in [-0.2, 0) is 11.4 Å². The third kappa shape index (κ3) is 2.24. The molecular formula is C8H10N2O3. The first-order valence-corrected chi connectivity index (χ1v) is 3.69. The molecule has 0 aliphatic carbocycles. The fraction of sp³-hybridized carbons (Fsp3) is 0.250. The van der Waals surface area contributed by atoms with Crippen molar-refractivity contribution in [3.8, 4) is 0 Å². The molecule has 1 heterocycles. The summed E-state index contributed by atoms with van der Waals surface area (Å²) in [5.41, 5.74) is 6.21. The van der Waals surface area contributed by atoms with Crippen LogP contribution in [0.3, 0.4) is 0 Å². The monoisotopic (exact) mass is 182 g/mol. The molecule has 1 rings (SSSR count). The maximum absolute atomic E-state index is 10.4. The molecule has 0 aliphatic rings. The zero-order chi connectivity index (χ0) is 9.84. The Morgan fingerprint density at radius 2 is 2.31 bits per heavy atom. The number of aliphatic hydroxyl groups is 1. The Bertz CT molecular complexity index is 297. The summed E-state index contributed by atoms with van der Waals surface area (Å²) in [6.07, 6.45) is 1.40. The summed E-state index contributed by atoms with van der Waals surface area (Å²) >= 11 is 0. The van der Waals surface area contributed by atoms with Crippen LogP contribution in [0.5, 0.6) is 0 Å². The first-order valence-electron chi connectivity index (χ1n) is 3.69. The lowest BCUT2D eigenvalue weighted by molar-refractivity contribution is -0.138. The van der Waals surface area contributed by atoms with Crippen LogP contribution in [0.1, 0.15) is 17.3 Å². The van der Waals surface area contributed by atoms with Crippen LogP contribution in [-0.4, -0.2) is 21.2 Å². The van der Waals surface area contributed by atoms with E-state index < -0.39 is 12.0 Å². The molecule has 5 heteroatoms. The maximum Gasteiger partial charge on any atom is 0.326 e. The number of carbonyl (C=O) groups is 1. The standard InChI is InChI=1S/C8H10N2O3/c9-7(8(12)13)6-2-1-5(4-11)3-10-6/h1-3,7,11H,4,9H2,(H,12,13)/t7-/m1/s1. The first-order chi connectivity index (χ1) is 6.15. The molecule has 4 N–H and O–H groups in total. The summed E-state index contributed by atoms with van der Waals surface area (Å²) in [5, 5.41) is 17.2. The SMILES string of the molecule is N[C@@H](C(=O)O)c1ccc(CO)cn1. The van der Waals surface area contributed by atoms with Gasteiger partial charge in [0.15, 0.2) is 0 Å². The minimum Gasteiger partial charge on any atom is -0.480 e. The second kappa shape index (κ2) is 3.97. The van der Waals surface area contributed by atoms with Gasteiger partial charge in [-0.15, -0.1) is 0 Å².